The molecule has 5 heteroatoms. The van der Waals surface area contributed by atoms with E-state index in [0.29, 0.717) is 12.1 Å². The number of hydrogen-bond donors (Lipinski definition) is 2. The van der Waals surface area contributed by atoms with E-state index in [9.17, 15) is 5.11 Å². The number of aliphatic hydroxyl groups excluding tert-OH is 1. The highest BCUT2D eigenvalue weighted by Gasteiger charge is 2.32. The van der Waals surface area contributed by atoms with Crippen LogP contribution in [0.1, 0.15) is 42.7 Å². The molecule has 3 rings (SSSR count). The fraction of sp³-hybridized carbons (Fsp3) is 0.778. The second-order valence-corrected chi connectivity index (χ2v) is 7.97. The standard InChI is InChI=1S/C18H31N3OS/c1-3-15-12-19-7-10-21(15)17(18-14(2)6-11-23-18)13-20-8-4-16(22)5-9-20/h6,11,15-17,19,22H,3-5,7-10,12-13H2,1-2H3. The van der Waals surface area contributed by atoms with Crippen LogP contribution in [-0.2, 0) is 0 Å². The Morgan fingerprint density at radius 2 is 2.13 bits per heavy atom. The van der Waals surface area contributed by atoms with Gasteiger partial charge in [0.05, 0.1) is 12.1 Å². The minimum Gasteiger partial charge on any atom is -0.393 e. The monoisotopic (exact) mass is 337 g/mol. The van der Waals surface area contributed by atoms with Gasteiger partial charge in [0.1, 0.15) is 0 Å². The Kier molecular flexibility index (Phi) is 6.10. The van der Waals surface area contributed by atoms with Gasteiger partial charge in [-0.05, 0) is 43.2 Å². The maximum Gasteiger partial charge on any atom is 0.0575 e. The largest absolute Gasteiger partial charge is 0.393 e. The first-order valence-corrected chi connectivity index (χ1v) is 9.98. The van der Waals surface area contributed by atoms with Crippen molar-refractivity contribution in [3.8, 4) is 0 Å². The predicted octanol–water partition coefficient (Wildman–Crippen LogP) is 2.24. The molecule has 0 radical (unpaired) electrons. The number of nitrogens with one attached hydrogen (secondary N) is 1. The highest BCUT2D eigenvalue weighted by molar-refractivity contribution is 7.10. The topological polar surface area (TPSA) is 38.7 Å². The summed E-state index contributed by atoms with van der Waals surface area (Å²) in [4.78, 5) is 6.84. The van der Waals surface area contributed by atoms with Crippen LogP contribution in [0.3, 0.4) is 0 Å². The molecule has 3 heterocycles. The van der Waals surface area contributed by atoms with Crippen LogP contribution < -0.4 is 5.32 Å². The molecular formula is C18H31N3OS. The van der Waals surface area contributed by atoms with E-state index < -0.39 is 0 Å². The molecule has 1 aromatic heterocycles. The lowest BCUT2D eigenvalue weighted by Crippen LogP contribution is -2.54. The van der Waals surface area contributed by atoms with E-state index in [1.165, 1.54) is 16.9 Å². The van der Waals surface area contributed by atoms with Gasteiger partial charge in [0, 0.05) is 50.2 Å². The number of thiophene rings is 1. The van der Waals surface area contributed by atoms with Crippen LogP contribution >= 0.6 is 11.3 Å². The molecule has 2 atom stereocenters. The molecule has 0 aliphatic carbocycles. The number of nitrogens with zero attached hydrogens (tertiary/aromatic N) is 2. The van der Waals surface area contributed by atoms with Crippen molar-refractivity contribution in [3.05, 3.63) is 21.9 Å². The number of likely N-dealkylation sites (tertiary alicyclic amines) is 1. The highest BCUT2D eigenvalue weighted by atomic mass is 32.1. The summed E-state index contributed by atoms with van der Waals surface area (Å²) in [6.07, 6.45) is 2.96. The Morgan fingerprint density at radius 3 is 2.78 bits per heavy atom. The van der Waals surface area contributed by atoms with Crippen molar-refractivity contribution in [2.75, 3.05) is 39.3 Å². The Hall–Kier alpha value is -0.460. The van der Waals surface area contributed by atoms with E-state index in [-0.39, 0.29) is 6.10 Å². The molecule has 0 aromatic carbocycles. The first kappa shape index (κ1) is 17.4. The number of piperazine rings is 1. The van der Waals surface area contributed by atoms with E-state index in [2.05, 4.69) is 40.4 Å². The summed E-state index contributed by atoms with van der Waals surface area (Å²) in [6.45, 7) is 11.1. The fourth-order valence-electron chi connectivity index (χ4n) is 3.98. The maximum absolute atomic E-state index is 9.77. The Morgan fingerprint density at radius 1 is 1.35 bits per heavy atom. The van der Waals surface area contributed by atoms with Gasteiger partial charge in [-0.2, -0.15) is 0 Å². The van der Waals surface area contributed by atoms with Crippen LogP contribution in [0.15, 0.2) is 11.4 Å². The van der Waals surface area contributed by atoms with Gasteiger partial charge in [-0.3, -0.25) is 4.90 Å². The van der Waals surface area contributed by atoms with Crippen LogP contribution in [0.25, 0.3) is 0 Å². The minimum absolute atomic E-state index is 0.0873. The van der Waals surface area contributed by atoms with Gasteiger partial charge in [0.2, 0.25) is 0 Å². The lowest BCUT2D eigenvalue weighted by atomic mass is 10.0. The molecule has 2 unspecified atom stereocenters. The van der Waals surface area contributed by atoms with E-state index in [1.807, 2.05) is 11.3 Å². The molecule has 2 saturated heterocycles. The molecule has 0 amide bonds. The summed E-state index contributed by atoms with van der Waals surface area (Å²) in [6, 6.07) is 3.39. The molecule has 2 fully saturated rings. The lowest BCUT2D eigenvalue weighted by molar-refractivity contribution is 0.0426. The van der Waals surface area contributed by atoms with Gasteiger partial charge in [-0.15, -0.1) is 11.3 Å². The Balaban J connectivity index is 1.77. The zero-order valence-electron chi connectivity index (χ0n) is 14.5. The maximum atomic E-state index is 9.77. The molecule has 130 valence electrons. The van der Waals surface area contributed by atoms with Crippen molar-refractivity contribution in [1.29, 1.82) is 0 Å². The Bertz CT molecular complexity index is 484. The van der Waals surface area contributed by atoms with Gasteiger partial charge >= 0.3 is 0 Å². The predicted molar refractivity (Wildman–Crippen MR) is 97.1 cm³/mol. The van der Waals surface area contributed by atoms with Gasteiger partial charge in [0.25, 0.3) is 0 Å². The molecule has 1 aromatic rings. The summed E-state index contributed by atoms with van der Waals surface area (Å²) in [5, 5.41) is 15.6. The smallest absolute Gasteiger partial charge is 0.0575 e. The fourth-order valence-corrected chi connectivity index (χ4v) is 5.02. The quantitative estimate of drug-likeness (QED) is 0.864. The van der Waals surface area contributed by atoms with Crippen molar-refractivity contribution in [1.82, 2.24) is 15.1 Å². The van der Waals surface area contributed by atoms with E-state index in [4.69, 9.17) is 0 Å². The van der Waals surface area contributed by atoms with E-state index >= 15 is 0 Å². The van der Waals surface area contributed by atoms with Crippen molar-refractivity contribution in [2.24, 2.45) is 0 Å². The molecular weight excluding hydrogens is 306 g/mol. The molecule has 0 saturated carbocycles. The molecule has 2 N–H and O–H groups in total. The normalized spacial score (nSPS) is 26.5. The summed E-state index contributed by atoms with van der Waals surface area (Å²) in [5.41, 5.74) is 1.44. The van der Waals surface area contributed by atoms with Crippen molar-refractivity contribution >= 4 is 11.3 Å². The van der Waals surface area contributed by atoms with Crippen molar-refractivity contribution in [3.63, 3.8) is 0 Å². The third-order valence-corrected chi connectivity index (χ3v) is 6.58. The zero-order valence-corrected chi connectivity index (χ0v) is 15.3. The first-order chi connectivity index (χ1) is 11.2. The summed E-state index contributed by atoms with van der Waals surface area (Å²) < 4.78 is 0. The molecule has 2 aliphatic rings. The SMILES string of the molecule is CCC1CNCCN1C(CN1CCC(O)CC1)c1sccc1C. The average Bonchev–Trinajstić information content (AvgIpc) is 3.00. The van der Waals surface area contributed by atoms with Crippen LogP contribution in [0.2, 0.25) is 0 Å². The van der Waals surface area contributed by atoms with E-state index in [0.717, 1.165) is 52.1 Å². The summed E-state index contributed by atoms with van der Waals surface area (Å²) in [5.74, 6) is 0. The van der Waals surface area contributed by atoms with Gasteiger partial charge in [0.15, 0.2) is 0 Å². The highest BCUT2D eigenvalue weighted by Crippen LogP contribution is 2.32. The average molecular weight is 338 g/mol. The molecule has 0 bridgehead atoms. The zero-order chi connectivity index (χ0) is 16.2. The van der Waals surface area contributed by atoms with Gasteiger partial charge < -0.3 is 15.3 Å². The van der Waals surface area contributed by atoms with Crippen LogP contribution in [0.5, 0.6) is 0 Å². The molecule has 4 nitrogen and oxygen atoms in total. The van der Waals surface area contributed by atoms with Crippen molar-refractivity contribution in [2.45, 2.75) is 51.3 Å². The second-order valence-electron chi connectivity index (χ2n) is 7.02. The van der Waals surface area contributed by atoms with Crippen LogP contribution in [-0.4, -0.2) is 66.3 Å². The van der Waals surface area contributed by atoms with E-state index in [1.54, 1.807) is 0 Å². The van der Waals surface area contributed by atoms with Crippen LogP contribution in [0.4, 0.5) is 0 Å². The number of rotatable bonds is 5. The third-order valence-electron chi connectivity index (χ3n) is 5.46. The van der Waals surface area contributed by atoms with Gasteiger partial charge in [-0.25, -0.2) is 0 Å². The third kappa shape index (κ3) is 4.15. The van der Waals surface area contributed by atoms with Gasteiger partial charge in [-0.1, -0.05) is 6.92 Å². The Labute approximate surface area is 144 Å². The van der Waals surface area contributed by atoms with Crippen molar-refractivity contribution < 1.29 is 5.11 Å². The number of piperidine rings is 1. The number of aryl methyl sites for hydroxylation is 1. The first-order valence-electron chi connectivity index (χ1n) is 9.10. The van der Waals surface area contributed by atoms with Crippen LogP contribution in [0, 0.1) is 6.92 Å². The lowest BCUT2D eigenvalue weighted by Gasteiger charge is -2.43. The molecule has 0 spiro atoms. The number of hydrogen-bond acceptors (Lipinski definition) is 5. The molecule has 23 heavy (non-hydrogen) atoms. The second kappa shape index (κ2) is 8.08. The summed E-state index contributed by atoms with van der Waals surface area (Å²) >= 11 is 1.91. The summed E-state index contributed by atoms with van der Waals surface area (Å²) in [7, 11) is 0. The molecule has 2 aliphatic heterocycles. The minimum atomic E-state index is -0.0873. The number of aliphatic hydroxyl groups is 1.